The number of hydrogen-bond acceptors (Lipinski definition) is 4. The van der Waals surface area contributed by atoms with Crippen LogP contribution in [0.5, 0.6) is 0 Å². The maximum atomic E-state index is 12.9. The van der Waals surface area contributed by atoms with Crippen molar-refractivity contribution in [1.29, 1.82) is 0 Å². The quantitative estimate of drug-likeness (QED) is 0.867. The van der Waals surface area contributed by atoms with E-state index >= 15 is 0 Å². The fourth-order valence-corrected chi connectivity index (χ4v) is 4.01. The molecule has 0 unspecified atom stereocenters. The number of aryl methyl sites for hydroxylation is 1. The number of carbonyl (C=O) groups excluding carboxylic acids is 2. The summed E-state index contributed by atoms with van der Waals surface area (Å²) in [6.45, 7) is 2.23. The number of benzene rings is 1. The zero-order chi connectivity index (χ0) is 17.6. The highest BCUT2D eigenvalue weighted by Crippen LogP contribution is 2.28. The van der Waals surface area contributed by atoms with Crippen molar-refractivity contribution in [3.05, 3.63) is 40.3 Å². The standard InChI is InChI=1S/C18H20N4O3/c1-11-14-4-2-3-5-15(14)18(25)21(20-11)10-17(24)22-12-6-7-13(22)9-19-16(23)8-12/h2-5,12-13H,6-10H2,1H3,(H,19,23)/t12-,13+/m1/s1. The monoisotopic (exact) mass is 340 g/mol. The molecular formula is C18H20N4O3. The number of aromatic nitrogens is 2. The van der Waals surface area contributed by atoms with E-state index in [9.17, 15) is 14.4 Å². The Morgan fingerprint density at radius 3 is 2.72 bits per heavy atom. The summed E-state index contributed by atoms with van der Waals surface area (Å²) in [5, 5.41) is 8.55. The summed E-state index contributed by atoms with van der Waals surface area (Å²) >= 11 is 0. The summed E-state index contributed by atoms with van der Waals surface area (Å²) in [5.41, 5.74) is 0.463. The molecule has 4 rings (SSSR count). The first-order chi connectivity index (χ1) is 12.0. The van der Waals surface area contributed by atoms with Crippen molar-refractivity contribution < 1.29 is 9.59 Å². The zero-order valence-electron chi connectivity index (χ0n) is 14.1. The Morgan fingerprint density at radius 1 is 1.20 bits per heavy atom. The Kier molecular flexibility index (Phi) is 3.78. The summed E-state index contributed by atoms with van der Waals surface area (Å²) in [7, 11) is 0. The lowest BCUT2D eigenvalue weighted by atomic mass is 10.1. The van der Waals surface area contributed by atoms with E-state index in [0.717, 1.165) is 23.9 Å². The normalized spacial score (nSPS) is 22.8. The van der Waals surface area contributed by atoms with E-state index in [1.54, 1.807) is 11.0 Å². The molecule has 25 heavy (non-hydrogen) atoms. The van der Waals surface area contributed by atoms with E-state index in [2.05, 4.69) is 10.4 Å². The van der Waals surface area contributed by atoms with Crippen LogP contribution in [0.15, 0.2) is 29.1 Å². The minimum atomic E-state index is -0.258. The Labute approximate surface area is 144 Å². The van der Waals surface area contributed by atoms with E-state index < -0.39 is 0 Å². The summed E-state index contributed by atoms with van der Waals surface area (Å²) in [5.74, 6) is -0.157. The van der Waals surface area contributed by atoms with Gasteiger partial charge < -0.3 is 10.2 Å². The van der Waals surface area contributed by atoms with Crippen LogP contribution in [0.25, 0.3) is 10.8 Å². The van der Waals surface area contributed by atoms with Crippen LogP contribution in [0.2, 0.25) is 0 Å². The summed E-state index contributed by atoms with van der Waals surface area (Å²) in [4.78, 5) is 39.1. The van der Waals surface area contributed by atoms with Crippen molar-refractivity contribution in [2.45, 2.75) is 44.8 Å². The average molecular weight is 340 g/mol. The molecule has 0 radical (unpaired) electrons. The highest BCUT2D eigenvalue weighted by Gasteiger charge is 2.40. The van der Waals surface area contributed by atoms with Gasteiger partial charge in [-0.15, -0.1) is 0 Å². The summed E-state index contributed by atoms with van der Waals surface area (Å²) in [6.07, 6.45) is 2.06. The van der Waals surface area contributed by atoms with Crippen molar-refractivity contribution >= 4 is 22.6 Å². The number of rotatable bonds is 2. The molecule has 2 amide bonds. The third kappa shape index (κ3) is 2.69. The van der Waals surface area contributed by atoms with Crippen LogP contribution >= 0.6 is 0 Å². The molecule has 3 heterocycles. The van der Waals surface area contributed by atoms with Crippen LogP contribution < -0.4 is 10.9 Å². The molecule has 2 atom stereocenters. The van der Waals surface area contributed by atoms with Crippen LogP contribution in [-0.4, -0.2) is 45.1 Å². The fraction of sp³-hybridized carbons (Fsp3) is 0.444. The van der Waals surface area contributed by atoms with Crippen molar-refractivity contribution in [2.24, 2.45) is 0 Å². The van der Waals surface area contributed by atoms with Gasteiger partial charge in [-0.1, -0.05) is 18.2 Å². The maximum Gasteiger partial charge on any atom is 0.275 e. The van der Waals surface area contributed by atoms with Gasteiger partial charge in [0.05, 0.1) is 11.1 Å². The lowest BCUT2D eigenvalue weighted by Crippen LogP contribution is -2.45. The summed E-state index contributed by atoms with van der Waals surface area (Å²) < 4.78 is 1.25. The first-order valence-electron chi connectivity index (χ1n) is 8.59. The predicted molar refractivity (Wildman–Crippen MR) is 92.0 cm³/mol. The second-order valence-electron chi connectivity index (χ2n) is 6.79. The molecule has 130 valence electrons. The van der Waals surface area contributed by atoms with Gasteiger partial charge in [-0.25, -0.2) is 4.68 Å². The topological polar surface area (TPSA) is 84.3 Å². The Hall–Kier alpha value is -2.70. The molecular weight excluding hydrogens is 320 g/mol. The average Bonchev–Trinajstić information content (AvgIpc) is 2.91. The van der Waals surface area contributed by atoms with E-state index in [1.807, 2.05) is 25.1 Å². The first kappa shape index (κ1) is 15.8. The predicted octanol–water partition coefficient (Wildman–Crippen LogP) is 0.584. The molecule has 7 nitrogen and oxygen atoms in total. The third-order valence-corrected chi connectivity index (χ3v) is 5.20. The van der Waals surface area contributed by atoms with E-state index in [1.165, 1.54) is 4.68 Å². The number of fused-ring (bicyclic) bond motifs is 3. The Balaban J connectivity index is 1.65. The minimum Gasteiger partial charge on any atom is -0.354 e. The fourth-order valence-electron chi connectivity index (χ4n) is 4.01. The van der Waals surface area contributed by atoms with E-state index in [4.69, 9.17) is 0 Å². The Bertz CT molecular complexity index is 920. The maximum absolute atomic E-state index is 12.9. The second kappa shape index (κ2) is 5.98. The number of nitrogens with zero attached hydrogens (tertiary/aromatic N) is 3. The molecule has 2 aromatic rings. The Morgan fingerprint density at radius 2 is 1.92 bits per heavy atom. The van der Waals surface area contributed by atoms with Gasteiger partial charge in [0.25, 0.3) is 5.56 Å². The largest absolute Gasteiger partial charge is 0.354 e. The SMILES string of the molecule is Cc1nn(CC(=O)N2[C@@H]3CC[C@H]2CNC(=O)C3)c(=O)c2ccccc12. The summed E-state index contributed by atoms with van der Waals surface area (Å²) in [6, 6.07) is 7.23. The second-order valence-corrected chi connectivity index (χ2v) is 6.79. The molecule has 2 bridgehead atoms. The van der Waals surface area contributed by atoms with Crippen LogP contribution in [0.4, 0.5) is 0 Å². The number of hydrogen-bond donors (Lipinski definition) is 1. The molecule has 1 aromatic carbocycles. The van der Waals surface area contributed by atoms with Crippen molar-refractivity contribution in [1.82, 2.24) is 20.0 Å². The van der Waals surface area contributed by atoms with Crippen LogP contribution in [0.3, 0.4) is 0 Å². The number of amides is 2. The molecule has 7 heteroatoms. The number of nitrogens with one attached hydrogen (secondary N) is 1. The molecule has 0 saturated carbocycles. The van der Waals surface area contributed by atoms with Gasteiger partial charge in [-0.05, 0) is 25.8 Å². The highest BCUT2D eigenvalue weighted by atomic mass is 16.2. The lowest BCUT2D eigenvalue weighted by molar-refractivity contribution is -0.134. The van der Waals surface area contributed by atoms with Gasteiger partial charge in [-0.3, -0.25) is 14.4 Å². The molecule has 2 aliphatic heterocycles. The van der Waals surface area contributed by atoms with Crippen molar-refractivity contribution in [3.8, 4) is 0 Å². The molecule has 2 fully saturated rings. The van der Waals surface area contributed by atoms with Crippen molar-refractivity contribution in [3.63, 3.8) is 0 Å². The minimum absolute atomic E-state index is 0.0122. The highest BCUT2D eigenvalue weighted by molar-refractivity contribution is 5.84. The van der Waals surface area contributed by atoms with Gasteiger partial charge in [0.15, 0.2) is 0 Å². The molecule has 2 aliphatic rings. The zero-order valence-corrected chi connectivity index (χ0v) is 14.1. The smallest absolute Gasteiger partial charge is 0.275 e. The third-order valence-electron chi connectivity index (χ3n) is 5.20. The van der Waals surface area contributed by atoms with E-state index in [0.29, 0.717) is 18.4 Å². The van der Waals surface area contributed by atoms with Crippen molar-refractivity contribution in [2.75, 3.05) is 6.54 Å². The lowest BCUT2D eigenvalue weighted by Gasteiger charge is -2.27. The van der Waals surface area contributed by atoms with Crippen LogP contribution in [-0.2, 0) is 16.1 Å². The van der Waals surface area contributed by atoms with Gasteiger partial charge in [0.1, 0.15) is 6.54 Å². The molecule has 2 saturated heterocycles. The first-order valence-corrected chi connectivity index (χ1v) is 8.59. The molecule has 1 N–H and O–H groups in total. The van der Waals surface area contributed by atoms with Crippen LogP contribution in [0, 0.1) is 6.92 Å². The van der Waals surface area contributed by atoms with Gasteiger partial charge in [0.2, 0.25) is 11.8 Å². The van der Waals surface area contributed by atoms with Crippen LogP contribution in [0.1, 0.15) is 25.0 Å². The van der Waals surface area contributed by atoms with Gasteiger partial charge in [0, 0.05) is 30.4 Å². The molecule has 0 aliphatic carbocycles. The van der Waals surface area contributed by atoms with Gasteiger partial charge >= 0.3 is 0 Å². The van der Waals surface area contributed by atoms with E-state index in [-0.39, 0.29) is 36.0 Å². The number of carbonyl (C=O) groups is 2. The molecule has 0 spiro atoms. The van der Waals surface area contributed by atoms with Gasteiger partial charge in [-0.2, -0.15) is 5.10 Å². The molecule has 1 aromatic heterocycles.